The van der Waals surface area contributed by atoms with Gasteiger partial charge < -0.3 is 9.90 Å². The second-order valence-electron chi connectivity index (χ2n) is 2.14. The Balaban J connectivity index is 2.84. The molecule has 0 saturated carbocycles. The summed E-state index contributed by atoms with van der Waals surface area (Å²) in [6.45, 7) is 1.85. The number of aliphatic hydroxyl groups is 1. The second kappa shape index (κ2) is 7.09. The van der Waals surface area contributed by atoms with Crippen molar-refractivity contribution in [3.05, 3.63) is 0 Å². The summed E-state index contributed by atoms with van der Waals surface area (Å²) >= 11 is 1.69. The summed E-state index contributed by atoms with van der Waals surface area (Å²) < 4.78 is 0. The lowest BCUT2D eigenvalue weighted by molar-refractivity contribution is -0.117. The number of ketones is 1. The Morgan fingerprint density at radius 1 is 1.50 bits per heavy atom. The third kappa shape index (κ3) is 7.98. The first-order valence-electron chi connectivity index (χ1n) is 3.45. The van der Waals surface area contributed by atoms with Crippen molar-refractivity contribution in [3.63, 3.8) is 0 Å². The van der Waals surface area contributed by atoms with Gasteiger partial charge in [-0.15, -0.1) is 0 Å². The van der Waals surface area contributed by atoms with E-state index in [0.717, 1.165) is 17.9 Å². The quantitative estimate of drug-likeness (QED) is 0.594. The van der Waals surface area contributed by atoms with Crippen molar-refractivity contribution < 1.29 is 9.90 Å². The zero-order chi connectivity index (χ0) is 7.82. The maximum atomic E-state index is 10.4. The maximum absolute atomic E-state index is 10.4. The van der Waals surface area contributed by atoms with Crippen LogP contribution in [0.1, 0.15) is 19.8 Å². The van der Waals surface area contributed by atoms with Crippen LogP contribution in [0.15, 0.2) is 0 Å². The Kier molecular flexibility index (Phi) is 7.08. The van der Waals surface area contributed by atoms with Gasteiger partial charge in [-0.05, 0) is 19.1 Å². The molecule has 1 N–H and O–H groups in total. The van der Waals surface area contributed by atoms with Gasteiger partial charge in [0.05, 0.1) is 6.61 Å². The highest BCUT2D eigenvalue weighted by Crippen LogP contribution is 2.03. The van der Waals surface area contributed by atoms with Gasteiger partial charge in [0.25, 0.3) is 0 Å². The zero-order valence-electron chi connectivity index (χ0n) is 6.30. The summed E-state index contributed by atoms with van der Waals surface area (Å²) in [7, 11) is 0. The molecule has 0 saturated heterocycles. The van der Waals surface area contributed by atoms with Crippen LogP contribution in [0.4, 0.5) is 0 Å². The van der Waals surface area contributed by atoms with Gasteiger partial charge in [0, 0.05) is 12.2 Å². The largest absolute Gasteiger partial charge is 0.396 e. The highest BCUT2D eigenvalue weighted by molar-refractivity contribution is 7.99. The van der Waals surface area contributed by atoms with E-state index in [2.05, 4.69) is 0 Å². The number of thioether (sulfide) groups is 1. The van der Waals surface area contributed by atoms with E-state index in [1.165, 1.54) is 0 Å². The molecule has 10 heavy (non-hydrogen) atoms. The van der Waals surface area contributed by atoms with E-state index in [0.29, 0.717) is 6.42 Å². The fourth-order valence-corrected chi connectivity index (χ4v) is 1.27. The van der Waals surface area contributed by atoms with Gasteiger partial charge >= 0.3 is 0 Å². The SMILES string of the molecule is CC(=O)CCCSCCO. The van der Waals surface area contributed by atoms with Gasteiger partial charge in [0.1, 0.15) is 5.78 Å². The summed E-state index contributed by atoms with van der Waals surface area (Å²) in [5, 5.41) is 8.39. The van der Waals surface area contributed by atoms with Gasteiger partial charge in [-0.3, -0.25) is 0 Å². The molecule has 3 heteroatoms. The Morgan fingerprint density at radius 2 is 2.20 bits per heavy atom. The average Bonchev–Trinajstić information content (AvgIpc) is 1.87. The van der Waals surface area contributed by atoms with Crippen LogP contribution in [0, 0.1) is 0 Å². The van der Waals surface area contributed by atoms with E-state index < -0.39 is 0 Å². The van der Waals surface area contributed by atoms with Crippen LogP contribution in [0.3, 0.4) is 0 Å². The molecule has 0 aromatic carbocycles. The number of aliphatic hydroxyl groups excluding tert-OH is 1. The molecule has 0 rings (SSSR count). The molecule has 0 unspecified atom stereocenters. The molecule has 0 aliphatic carbocycles. The first kappa shape index (κ1) is 9.98. The molecule has 0 aliphatic rings. The predicted molar refractivity (Wildman–Crippen MR) is 44.3 cm³/mol. The second-order valence-corrected chi connectivity index (χ2v) is 3.37. The highest BCUT2D eigenvalue weighted by Gasteiger charge is 1.92. The molecule has 0 aliphatic heterocycles. The molecule has 0 heterocycles. The third-order valence-corrected chi connectivity index (χ3v) is 2.10. The summed E-state index contributed by atoms with van der Waals surface area (Å²) in [6, 6.07) is 0. The minimum Gasteiger partial charge on any atom is -0.396 e. The Labute approximate surface area is 66.0 Å². The number of Topliss-reactive ketones (excluding diaryl/α,β-unsaturated/α-hetero) is 1. The van der Waals surface area contributed by atoms with E-state index in [1.807, 2.05) is 0 Å². The van der Waals surface area contributed by atoms with Crippen molar-refractivity contribution >= 4 is 17.5 Å². The summed E-state index contributed by atoms with van der Waals surface area (Å²) in [5.41, 5.74) is 0. The van der Waals surface area contributed by atoms with E-state index in [1.54, 1.807) is 18.7 Å². The maximum Gasteiger partial charge on any atom is 0.129 e. The van der Waals surface area contributed by atoms with Crippen LogP contribution in [-0.4, -0.2) is 29.0 Å². The van der Waals surface area contributed by atoms with E-state index in [9.17, 15) is 4.79 Å². The monoisotopic (exact) mass is 162 g/mol. The normalized spacial score (nSPS) is 9.80. The summed E-state index contributed by atoms with van der Waals surface area (Å²) in [6.07, 6.45) is 1.62. The number of hydrogen-bond acceptors (Lipinski definition) is 3. The lowest BCUT2D eigenvalue weighted by atomic mass is 10.3. The van der Waals surface area contributed by atoms with Crippen LogP contribution in [0.2, 0.25) is 0 Å². The average molecular weight is 162 g/mol. The lowest BCUT2D eigenvalue weighted by Crippen LogP contribution is -1.93. The van der Waals surface area contributed by atoms with Crippen LogP contribution in [-0.2, 0) is 4.79 Å². The van der Waals surface area contributed by atoms with Crippen molar-refractivity contribution in [1.29, 1.82) is 0 Å². The minimum atomic E-state index is 0.241. The Morgan fingerprint density at radius 3 is 2.70 bits per heavy atom. The summed E-state index contributed by atoms with van der Waals surface area (Å²) in [4.78, 5) is 10.4. The number of carbonyl (C=O) groups is 1. The van der Waals surface area contributed by atoms with Gasteiger partial charge in [0.15, 0.2) is 0 Å². The van der Waals surface area contributed by atoms with Crippen molar-refractivity contribution in [2.45, 2.75) is 19.8 Å². The summed E-state index contributed by atoms with van der Waals surface area (Å²) in [5.74, 6) is 2.03. The molecule has 0 radical (unpaired) electrons. The molecule has 0 aromatic rings. The van der Waals surface area contributed by atoms with Crippen molar-refractivity contribution in [2.24, 2.45) is 0 Å². The molecule has 0 aromatic heterocycles. The number of carbonyl (C=O) groups excluding carboxylic acids is 1. The van der Waals surface area contributed by atoms with Crippen LogP contribution in [0.5, 0.6) is 0 Å². The Hall–Kier alpha value is -0.0200. The predicted octanol–water partition coefficient (Wildman–Crippen LogP) is 1.08. The van der Waals surface area contributed by atoms with Crippen LogP contribution < -0.4 is 0 Å². The van der Waals surface area contributed by atoms with Crippen LogP contribution in [0.25, 0.3) is 0 Å². The van der Waals surface area contributed by atoms with Gasteiger partial charge in [-0.2, -0.15) is 11.8 Å². The van der Waals surface area contributed by atoms with Gasteiger partial charge in [-0.25, -0.2) is 0 Å². The first-order valence-corrected chi connectivity index (χ1v) is 4.61. The smallest absolute Gasteiger partial charge is 0.129 e. The minimum absolute atomic E-state index is 0.241. The topological polar surface area (TPSA) is 37.3 Å². The molecular weight excluding hydrogens is 148 g/mol. The molecule has 0 atom stereocenters. The van der Waals surface area contributed by atoms with E-state index in [4.69, 9.17) is 5.11 Å². The van der Waals surface area contributed by atoms with Crippen LogP contribution >= 0.6 is 11.8 Å². The van der Waals surface area contributed by atoms with Crippen molar-refractivity contribution in [2.75, 3.05) is 18.1 Å². The molecule has 0 spiro atoms. The number of rotatable bonds is 6. The van der Waals surface area contributed by atoms with Crippen molar-refractivity contribution in [3.8, 4) is 0 Å². The molecule has 2 nitrogen and oxygen atoms in total. The standard InChI is InChI=1S/C7H14O2S/c1-7(9)3-2-5-10-6-4-8/h8H,2-6H2,1H3. The van der Waals surface area contributed by atoms with Gasteiger partial charge in [-0.1, -0.05) is 0 Å². The molecule has 0 bridgehead atoms. The zero-order valence-corrected chi connectivity index (χ0v) is 7.12. The third-order valence-electron chi connectivity index (χ3n) is 1.05. The lowest BCUT2D eigenvalue weighted by Gasteiger charge is -1.95. The van der Waals surface area contributed by atoms with Gasteiger partial charge in [0.2, 0.25) is 0 Å². The molecule has 60 valence electrons. The van der Waals surface area contributed by atoms with Crippen molar-refractivity contribution in [1.82, 2.24) is 0 Å². The first-order chi connectivity index (χ1) is 4.77. The fraction of sp³-hybridized carbons (Fsp3) is 0.857. The highest BCUT2D eigenvalue weighted by atomic mass is 32.2. The molecule has 0 amide bonds. The Bertz CT molecular complexity index is 93.6. The molecular formula is C7H14O2S. The number of hydrogen-bond donors (Lipinski definition) is 1. The molecule has 0 fully saturated rings. The van der Waals surface area contributed by atoms with E-state index >= 15 is 0 Å². The fourth-order valence-electron chi connectivity index (χ4n) is 0.590. The van der Waals surface area contributed by atoms with E-state index in [-0.39, 0.29) is 12.4 Å².